The summed E-state index contributed by atoms with van der Waals surface area (Å²) in [5.74, 6) is 0.804. The van der Waals surface area contributed by atoms with Crippen molar-refractivity contribution >= 4 is 88.6 Å². The molecular weight excluding hydrogens is 659 g/mol. The molecule has 0 fully saturated rings. The van der Waals surface area contributed by atoms with Crippen molar-refractivity contribution in [1.29, 1.82) is 0 Å². The van der Waals surface area contributed by atoms with Gasteiger partial charge in [-0.1, -0.05) is 57.2 Å². The Kier molecular flexibility index (Phi) is 7.66. The summed E-state index contributed by atoms with van der Waals surface area (Å²) in [5.41, 5.74) is 2.80. The van der Waals surface area contributed by atoms with Gasteiger partial charge < -0.3 is 10.6 Å². The largest absolute Gasteiger partial charge is 0.378 e. The van der Waals surface area contributed by atoms with Gasteiger partial charge in [-0.3, -0.25) is 9.36 Å². The van der Waals surface area contributed by atoms with Gasteiger partial charge in [-0.2, -0.15) is 0 Å². The fourth-order valence-corrected chi connectivity index (χ4v) is 5.90. The number of nitrogens with one attached hydrogen (secondary N) is 2. The molecule has 0 bridgehead atoms. The molecule has 0 aliphatic rings. The van der Waals surface area contributed by atoms with Crippen LogP contribution in [0.25, 0.3) is 15.9 Å². The first-order chi connectivity index (χ1) is 17.0. The van der Waals surface area contributed by atoms with Crippen LogP contribution in [0.5, 0.6) is 0 Å². The molecule has 0 saturated carbocycles. The molecule has 176 valence electrons. The molecule has 2 heterocycles. The number of amides is 1. The third-order valence-electron chi connectivity index (χ3n) is 4.94. The van der Waals surface area contributed by atoms with Crippen molar-refractivity contribution in [3.05, 3.63) is 86.7 Å². The van der Waals surface area contributed by atoms with E-state index >= 15 is 0 Å². The molecule has 0 radical (unpaired) electrons. The van der Waals surface area contributed by atoms with E-state index in [9.17, 15) is 4.79 Å². The Hall–Kier alpha value is -2.48. The number of carbonyl (C=O) groups is 1. The second kappa shape index (κ2) is 11.1. The van der Waals surface area contributed by atoms with Crippen molar-refractivity contribution < 1.29 is 4.79 Å². The van der Waals surface area contributed by atoms with Crippen LogP contribution in [0.15, 0.2) is 82.4 Å². The highest BCUT2D eigenvalue weighted by Gasteiger charge is 2.16. The van der Waals surface area contributed by atoms with Gasteiger partial charge in [-0.25, -0.2) is 4.98 Å². The van der Waals surface area contributed by atoms with Crippen LogP contribution in [-0.4, -0.2) is 31.4 Å². The molecule has 5 aromatic rings. The smallest absolute Gasteiger partial charge is 0.236 e. The number of benzene rings is 3. The predicted octanol–water partition coefficient (Wildman–Crippen LogP) is 6.59. The molecule has 0 spiro atoms. The summed E-state index contributed by atoms with van der Waals surface area (Å²) < 4.78 is 5.15. The minimum Gasteiger partial charge on any atom is -0.378 e. The predicted molar refractivity (Wildman–Crippen MR) is 155 cm³/mol. The summed E-state index contributed by atoms with van der Waals surface area (Å²) in [6.45, 7) is 0.497. The Bertz CT molecular complexity index is 1470. The standard InChI is InChI=1S/C24H18BrIN6OS2/c25-15-6-11-19-20(12-15)35-23(28-19)29-22(33)14-34-24-31-30-21(32(24)18-4-2-1-3-5-18)13-27-17-9-7-16(26)8-10-17/h1-12,27H,13-14H2,(H,28,29,33). The molecule has 2 aromatic heterocycles. The molecule has 35 heavy (non-hydrogen) atoms. The van der Waals surface area contributed by atoms with Crippen molar-refractivity contribution in [1.82, 2.24) is 19.7 Å². The number of thiazole rings is 1. The third-order valence-corrected chi connectivity index (χ3v) is 8.01. The van der Waals surface area contributed by atoms with E-state index in [1.54, 1.807) is 0 Å². The lowest BCUT2D eigenvalue weighted by molar-refractivity contribution is -0.113. The summed E-state index contributed by atoms with van der Waals surface area (Å²) in [6.07, 6.45) is 0. The number of anilines is 2. The molecule has 7 nitrogen and oxygen atoms in total. The van der Waals surface area contributed by atoms with Crippen LogP contribution in [0.2, 0.25) is 0 Å². The molecule has 5 rings (SSSR count). The van der Waals surface area contributed by atoms with Crippen molar-refractivity contribution in [2.75, 3.05) is 16.4 Å². The number of fused-ring (bicyclic) bond motifs is 1. The van der Waals surface area contributed by atoms with Gasteiger partial charge in [0.2, 0.25) is 5.91 Å². The van der Waals surface area contributed by atoms with E-state index in [0.29, 0.717) is 16.8 Å². The van der Waals surface area contributed by atoms with E-state index in [1.807, 2.05) is 65.2 Å². The van der Waals surface area contributed by atoms with Crippen LogP contribution >= 0.6 is 61.6 Å². The molecule has 0 saturated heterocycles. The van der Waals surface area contributed by atoms with Gasteiger partial charge in [0, 0.05) is 19.4 Å². The van der Waals surface area contributed by atoms with E-state index in [4.69, 9.17) is 0 Å². The van der Waals surface area contributed by atoms with Gasteiger partial charge in [-0.15, -0.1) is 10.2 Å². The van der Waals surface area contributed by atoms with Crippen LogP contribution in [0.4, 0.5) is 10.8 Å². The number of thioether (sulfide) groups is 1. The van der Waals surface area contributed by atoms with E-state index in [2.05, 4.69) is 76.5 Å². The Morgan fingerprint density at radius 1 is 1.06 bits per heavy atom. The zero-order valence-corrected chi connectivity index (χ0v) is 23.5. The quantitative estimate of drug-likeness (QED) is 0.143. The molecule has 2 N–H and O–H groups in total. The minimum absolute atomic E-state index is 0.144. The lowest BCUT2D eigenvalue weighted by Gasteiger charge is -2.11. The second-order valence-electron chi connectivity index (χ2n) is 7.40. The average molecular weight is 677 g/mol. The summed E-state index contributed by atoms with van der Waals surface area (Å²) in [6, 6.07) is 23.9. The van der Waals surface area contributed by atoms with Crippen molar-refractivity contribution in [3.8, 4) is 5.69 Å². The number of nitrogens with zero attached hydrogens (tertiary/aromatic N) is 4. The number of rotatable bonds is 8. The van der Waals surface area contributed by atoms with Crippen molar-refractivity contribution in [2.24, 2.45) is 0 Å². The zero-order valence-electron chi connectivity index (χ0n) is 18.1. The maximum atomic E-state index is 12.7. The third kappa shape index (κ3) is 6.02. The van der Waals surface area contributed by atoms with Crippen molar-refractivity contribution in [2.45, 2.75) is 11.7 Å². The second-order valence-corrected chi connectivity index (χ2v) is 11.5. The molecule has 0 aliphatic carbocycles. The fraction of sp³-hybridized carbons (Fsp3) is 0.0833. The van der Waals surface area contributed by atoms with E-state index in [0.717, 1.165) is 31.9 Å². The topological polar surface area (TPSA) is 84.7 Å². The lowest BCUT2D eigenvalue weighted by atomic mass is 10.3. The Morgan fingerprint density at radius 2 is 1.86 bits per heavy atom. The van der Waals surface area contributed by atoms with Gasteiger partial charge >= 0.3 is 0 Å². The summed E-state index contributed by atoms with van der Waals surface area (Å²) in [5, 5.41) is 16.3. The molecule has 1 amide bonds. The molecule has 0 unspecified atom stereocenters. The number of para-hydroxylation sites is 1. The molecule has 3 aromatic carbocycles. The highest BCUT2D eigenvalue weighted by Crippen LogP contribution is 2.29. The highest BCUT2D eigenvalue weighted by atomic mass is 127. The molecular formula is C24H18BrIN6OS2. The average Bonchev–Trinajstić information content (AvgIpc) is 3.45. The normalized spacial score (nSPS) is 11.0. The van der Waals surface area contributed by atoms with E-state index in [-0.39, 0.29) is 11.7 Å². The first-order valence-electron chi connectivity index (χ1n) is 10.5. The van der Waals surface area contributed by atoms with Crippen LogP contribution < -0.4 is 10.6 Å². The minimum atomic E-state index is -0.144. The van der Waals surface area contributed by atoms with Gasteiger partial charge in [0.05, 0.1) is 22.5 Å². The summed E-state index contributed by atoms with van der Waals surface area (Å²) >= 11 is 8.54. The van der Waals surface area contributed by atoms with Gasteiger partial charge in [-0.05, 0) is 77.2 Å². The van der Waals surface area contributed by atoms with Crippen molar-refractivity contribution in [3.63, 3.8) is 0 Å². The van der Waals surface area contributed by atoms with Gasteiger partial charge in [0.1, 0.15) is 0 Å². The number of halogens is 2. The summed E-state index contributed by atoms with van der Waals surface area (Å²) in [7, 11) is 0. The van der Waals surface area contributed by atoms with Gasteiger partial charge in [0.15, 0.2) is 16.1 Å². The van der Waals surface area contributed by atoms with Crippen LogP contribution in [0.1, 0.15) is 5.82 Å². The maximum absolute atomic E-state index is 12.7. The van der Waals surface area contributed by atoms with Gasteiger partial charge in [0.25, 0.3) is 0 Å². The number of aromatic nitrogens is 4. The fourth-order valence-electron chi connectivity index (χ4n) is 3.33. The summed E-state index contributed by atoms with van der Waals surface area (Å²) in [4.78, 5) is 17.2. The van der Waals surface area contributed by atoms with Crippen LogP contribution in [0, 0.1) is 3.57 Å². The zero-order chi connectivity index (χ0) is 24.2. The SMILES string of the molecule is O=C(CSc1nnc(CNc2ccc(I)cc2)n1-c1ccccc1)Nc1nc2ccc(Br)cc2s1. The monoisotopic (exact) mass is 676 g/mol. The molecule has 11 heteroatoms. The number of carbonyl (C=O) groups excluding carboxylic acids is 1. The van der Waals surface area contributed by atoms with Crippen LogP contribution in [-0.2, 0) is 11.3 Å². The van der Waals surface area contributed by atoms with E-state index in [1.165, 1.54) is 26.7 Å². The Labute approximate surface area is 232 Å². The molecule has 0 atom stereocenters. The van der Waals surface area contributed by atoms with E-state index < -0.39 is 0 Å². The number of hydrogen-bond acceptors (Lipinski definition) is 7. The Balaban J connectivity index is 1.30. The first-order valence-corrected chi connectivity index (χ1v) is 14.2. The highest BCUT2D eigenvalue weighted by molar-refractivity contribution is 14.1. The Morgan fingerprint density at radius 3 is 2.66 bits per heavy atom. The number of hydrogen-bond donors (Lipinski definition) is 2. The lowest BCUT2D eigenvalue weighted by Crippen LogP contribution is -2.14. The first kappa shape index (κ1) is 24.2. The van der Waals surface area contributed by atoms with Crippen LogP contribution in [0.3, 0.4) is 0 Å². The maximum Gasteiger partial charge on any atom is 0.236 e. The molecule has 0 aliphatic heterocycles.